The molecule has 0 fully saturated rings. The van der Waals surface area contributed by atoms with Crippen molar-refractivity contribution < 1.29 is 19.0 Å². The summed E-state index contributed by atoms with van der Waals surface area (Å²) < 4.78 is 18.7. The van der Waals surface area contributed by atoms with Crippen LogP contribution in [0.15, 0.2) is 42.5 Å². The monoisotopic (exact) mass is 289 g/mol. The first-order valence-electron chi connectivity index (χ1n) is 6.39. The third-order valence-electron chi connectivity index (χ3n) is 3.18. The number of aromatic carboxylic acids is 1. The van der Waals surface area contributed by atoms with Gasteiger partial charge in [-0.3, -0.25) is 0 Å². The highest BCUT2D eigenvalue weighted by Gasteiger charge is 2.13. The van der Waals surface area contributed by atoms with E-state index in [0.29, 0.717) is 12.1 Å². The van der Waals surface area contributed by atoms with Crippen LogP contribution in [0.25, 0.3) is 0 Å². The zero-order chi connectivity index (χ0) is 15.4. The molecule has 2 aromatic rings. The first kappa shape index (κ1) is 14.8. The number of hydrogen-bond acceptors (Lipinski definition) is 3. The summed E-state index contributed by atoms with van der Waals surface area (Å²) in [5.74, 6) is -1.28. The number of methoxy groups -OCH3 is 1. The molecule has 0 amide bonds. The molecular formula is C16H16FNO3. The Labute approximate surface area is 122 Å². The fourth-order valence-electron chi connectivity index (χ4n) is 2.14. The van der Waals surface area contributed by atoms with Crippen LogP contribution < -0.4 is 9.64 Å². The summed E-state index contributed by atoms with van der Waals surface area (Å²) in [6, 6.07) is 11.6. The van der Waals surface area contributed by atoms with Crippen LogP contribution in [-0.4, -0.2) is 25.2 Å². The minimum atomic E-state index is -1.27. The standard InChI is InChI=1S/C16H16FNO3/c1-18(14-5-3-4-6-15(14)21-2)10-11-7-8-13(17)12(9-11)16(19)20/h3-9H,10H2,1-2H3,(H,19,20). The number of carbonyl (C=O) groups is 1. The summed E-state index contributed by atoms with van der Waals surface area (Å²) in [5, 5.41) is 8.95. The summed E-state index contributed by atoms with van der Waals surface area (Å²) >= 11 is 0. The van der Waals surface area contributed by atoms with Crippen LogP contribution >= 0.6 is 0 Å². The quantitative estimate of drug-likeness (QED) is 0.918. The van der Waals surface area contributed by atoms with E-state index in [1.807, 2.05) is 36.2 Å². The summed E-state index contributed by atoms with van der Waals surface area (Å²) in [5.41, 5.74) is 1.27. The van der Waals surface area contributed by atoms with Crippen molar-refractivity contribution in [3.63, 3.8) is 0 Å². The van der Waals surface area contributed by atoms with Crippen LogP contribution in [0.2, 0.25) is 0 Å². The van der Waals surface area contributed by atoms with Crippen molar-refractivity contribution in [2.24, 2.45) is 0 Å². The molecule has 0 saturated heterocycles. The van der Waals surface area contributed by atoms with Gasteiger partial charge < -0.3 is 14.7 Å². The van der Waals surface area contributed by atoms with E-state index in [4.69, 9.17) is 9.84 Å². The molecule has 0 radical (unpaired) electrons. The highest BCUT2D eigenvalue weighted by Crippen LogP contribution is 2.27. The summed E-state index contributed by atoms with van der Waals surface area (Å²) in [6.45, 7) is 0.445. The lowest BCUT2D eigenvalue weighted by molar-refractivity contribution is 0.0691. The number of ether oxygens (including phenoxy) is 1. The van der Waals surface area contributed by atoms with Crippen molar-refractivity contribution in [1.82, 2.24) is 0 Å². The van der Waals surface area contributed by atoms with Gasteiger partial charge in [0.05, 0.1) is 18.4 Å². The molecule has 0 atom stereocenters. The average Bonchev–Trinajstić information content (AvgIpc) is 2.48. The number of carboxylic acid groups (broad SMARTS) is 1. The van der Waals surface area contributed by atoms with Gasteiger partial charge in [0.25, 0.3) is 0 Å². The van der Waals surface area contributed by atoms with Crippen molar-refractivity contribution >= 4 is 11.7 Å². The van der Waals surface area contributed by atoms with E-state index in [-0.39, 0.29) is 5.56 Å². The van der Waals surface area contributed by atoms with E-state index in [2.05, 4.69) is 0 Å². The van der Waals surface area contributed by atoms with Crippen LogP contribution in [0.4, 0.5) is 10.1 Å². The van der Waals surface area contributed by atoms with Crippen LogP contribution in [-0.2, 0) is 6.54 Å². The lowest BCUT2D eigenvalue weighted by atomic mass is 10.1. The van der Waals surface area contributed by atoms with Crippen LogP contribution in [0.5, 0.6) is 5.75 Å². The number of rotatable bonds is 5. The third-order valence-corrected chi connectivity index (χ3v) is 3.18. The normalized spacial score (nSPS) is 10.2. The Hall–Kier alpha value is -2.56. The lowest BCUT2D eigenvalue weighted by Gasteiger charge is -2.22. The maximum absolute atomic E-state index is 13.4. The van der Waals surface area contributed by atoms with E-state index >= 15 is 0 Å². The molecule has 110 valence electrons. The molecule has 1 N–H and O–H groups in total. The van der Waals surface area contributed by atoms with Gasteiger partial charge in [-0.1, -0.05) is 18.2 Å². The van der Waals surface area contributed by atoms with E-state index in [0.717, 1.165) is 11.4 Å². The maximum atomic E-state index is 13.4. The molecule has 2 aromatic carbocycles. The zero-order valence-corrected chi connectivity index (χ0v) is 11.8. The zero-order valence-electron chi connectivity index (χ0n) is 11.8. The van der Waals surface area contributed by atoms with Gasteiger partial charge in [-0.2, -0.15) is 0 Å². The predicted octanol–water partition coefficient (Wildman–Crippen LogP) is 3.17. The van der Waals surface area contributed by atoms with E-state index in [1.165, 1.54) is 12.1 Å². The molecule has 0 unspecified atom stereocenters. The fourth-order valence-corrected chi connectivity index (χ4v) is 2.14. The molecule has 0 aromatic heterocycles. The Kier molecular flexibility index (Phi) is 4.42. The minimum absolute atomic E-state index is 0.319. The molecule has 0 aliphatic carbocycles. The number of carboxylic acids is 1. The Bertz CT molecular complexity index is 658. The second kappa shape index (κ2) is 6.26. The highest BCUT2D eigenvalue weighted by atomic mass is 19.1. The first-order valence-corrected chi connectivity index (χ1v) is 6.39. The molecule has 0 aliphatic rings. The molecule has 0 heterocycles. The first-order chi connectivity index (χ1) is 10.0. The van der Waals surface area contributed by atoms with Gasteiger partial charge >= 0.3 is 5.97 Å². The molecule has 0 aliphatic heterocycles. The van der Waals surface area contributed by atoms with Gasteiger partial charge in [0.15, 0.2) is 0 Å². The fraction of sp³-hybridized carbons (Fsp3) is 0.188. The Morgan fingerprint density at radius 3 is 2.67 bits per heavy atom. The van der Waals surface area contributed by atoms with Crippen molar-refractivity contribution in [2.45, 2.75) is 6.54 Å². The number of benzene rings is 2. The van der Waals surface area contributed by atoms with E-state index in [1.54, 1.807) is 13.2 Å². The highest BCUT2D eigenvalue weighted by molar-refractivity contribution is 5.88. The summed E-state index contributed by atoms with van der Waals surface area (Å²) in [7, 11) is 3.45. The number of halogens is 1. The number of para-hydroxylation sites is 2. The van der Waals surface area contributed by atoms with Crippen molar-refractivity contribution in [1.29, 1.82) is 0 Å². The average molecular weight is 289 g/mol. The number of anilines is 1. The van der Waals surface area contributed by atoms with Gasteiger partial charge in [0, 0.05) is 13.6 Å². The molecule has 0 saturated carbocycles. The summed E-state index contributed by atoms with van der Waals surface area (Å²) in [4.78, 5) is 12.9. The molecule has 5 heteroatoms. The lowest BCUT2D eigenvalue weighted by Crippen LogP contribution is -2.17. The van der Waals surface area contributed by atoms with Gasteiger partial charge in [0.1, 0.15) is 11.6 Å². The largest absolute Gasteiger partial charge is 0.495 e. The van der Waals surface area contributed by atoms with E-state index in [9.17, 15) is 9.18 Å². The van der Waals surface area contributed by atoms with E-state index < -0.39 is 11.8 Å². The van der Waals surface area contributed by atoms with Gasteiger partial charge in [-0.05, 0) is 29.8 Å². The second-order valence-corrected chi connectivity index (χ2v) is 4.65. The molecule has 0 spiro atoms. The van der Waals surface area contributed by atoms with Gasteiger partial charge in [0.2, 0.25) is 0 Å². The molecule has 0 bridgehead atoms. The number of nitrogens with zero attached hydrogens (tertiary/aromatic N) is 1. The Balaban J connectivity index is 2.25. The number of hydrogen-bond donors (Lipinski definition) is 1. The second-order valence-electron chi connectivity index (χ2n) is 4.65. The van der Waals surface area contributed by atoms with Crippen LogP contribution in [0.1, 0.15) is 15.9 Å². The Morgan fingerprint density at radius 1 is 1.29 bits per heavy atom. The SMILES string of the molecule is COc1ccccc1N(C)Cc1ccc(F)c(C(=O)O)c1. The van der Waals surface area contributed by atoms with Crippen LogP contribution in [0.3, 0.4) is 0 Å². The van der Waals surface area contributed by atoms with Crippen LogP contribution in [0, 0.1) is 5.82 Å². The summed E-state index contributed by atoms with van der Waals surface area (Å²) in [6.07, 6.45) is 0. The molecule has 21 heavy (non-hydrogen) atoms. The third kappa shape index (κ3) is 3.31. The maximum Gasteiger partial charge on any atom is 0.338 e. The van der Waals surface area contributed by atoms with Crippen molar-refractivity contribution in [3.8, 4) is 5.75 Å². The molecule has 4 nitrogen and oxygen atoms in total. The van der Waals surface area contributed by atoms with Gasteiger partial charge in [-0.25, -0.2) is 9.18 Å². The van der Waals surface area contributed by atoms with Crippen molar-refractivity contribution in [2.75, 3.05) is 19.1 Å². The topological polar surface area (TPSA) is 49.8 Å². The Morgan fingerprint density at radius 2 is 2.00 bits per heavy atom. The molecular weight excluding hydrogens is 273 g/mol. The van der Waals surface area contributed by atoms with Crippen molar-refractivity contribution in [3.05, 3.63) is 59.4 Å². The predicted molar refractivity (Wildman–Crippen MR) is 78.5 cm³/mol. The van der Waals surface area contributed by atoms with Gasteiger partial charge in [-0.15, -0.1) is 0 Å². The molecule has 2 rings (SSSR count). The minimum Gasteiger partial charge on any atom is -0.495 e. The smallest absolute Gasteiger partial charge is 0.338 e.